The van der Waals surface area contributed by atoms with E-state index in [2.05, 4.69) is 0 Å². The Morgan fingerprint density at radius 1 is 1.04 bits per heavy atom. The second-order valence-electron chi connectivity index (χ2n) is 5.32. The van der Waals surface area contributed by atoms with E-state index in [1.165, 1.54) is 13.0 Å². The molecule has 0 heterocycles. The van der Waals surface area contributed by atoms with Crippen molar-refractivity contribution >= 4 is 16.0 Å². The first kappa shape index (κ1) is 18.9. The first-order valence-corrected chi connectivity index (χ1v) is 8.45. The van der Waals surface area contributed by atoms with Gasteiger partial charge in [0.2, 0.25) is 10.0 Å². The fourth-order valence-electron chi connectivity index (χ4n) is 2.19. The standard InChI is InChI=1S/C16H14F3NO4S/c1-9(10-3-5-12(17)13(18)7-10)20(2)25(23,24)15-6-4-11(16(21)22)8-14(15)19/h3-9H,1-2H3,(H,21,22)/t9-/m0/s1. The van der Waals surface area contributed by atoms with Gasteiger partial charge in [0.1, 0.15) is 10.7 Å². The Kier molecular flexibility index (Phi) is 5.19. The summed E-state index contributed by atoms with van der Waals surface area (Å²) in [6, 6.07) is 4.44. The minimum atomic E-state index is -4.33. The molecule has 0 aliphatic carbocycles. The Labute approximate surface area is 142 Å². The number of hydrogen-bond acceptors (Lipinski definition) is 3. The number of halogens is 3. The average Bonchev–Trinajstić information content (AvgIpc) is 2.55. The molecular weight excluding hydrogens is 359 g/mol. The maximum atomic E-state index is 14.1. The predicted octanol–water partition coefficient (Wildman–Crippen LogP) is 3.18. The summed E-state index contributed by atoms with van der Waals surface area (Å²) >= 11 is 0. The highest BCUT2D eigenvalue weighted by Crippen LogP contribution is 2.28. The van der Waals surface area contributed by atoms with Gasteiger partial charge in [0.15, 0.2) is 11.6 Å². The van der Waals surface area contributed by atoms with Crippen molar-refractivity contribution in [1.29, 1.82) is 0 Å². The molecule has 2 aromatic carbocycles. The van der Waals surface area contributed by atoms with Gasteiger partial charge in [0.25, 0.3) is 0 Å². The van der Waals surface area contributed by atoms with E-state index >= 15 is 0 Å². The molecule has 2 aromatic rings. The molecule has 1 atom stereocenters. The molecule has 1 N–H and O–H groups in total. The van der Waals surface area contributed by atoms with Crippen LogP contribution < -0.4 is 0 Å². The van der Waals surface area contributed by atoms with E-state index in [0.29, 0.717) is 6.07 Å². The zero-order chi connectivity index (χ0) is 18.9. The van der Waals surface area contributed by atoms with Crippen molar-refractivity contribution < 1.29 is 31.5 Å². The Hall–Kier alpha value is -2.39. The van der Waals surface area contributed by atoms with E-state index in [4.69, 9.17) is 5.11 Å². The van der Waals surface area contributed by atoms with Crippen LogP contribution in [0.5, 0.6) is 0 Å². The van der Waals surface area contributed by atoms with E-state index in [9.17, 15) is 26.4 Å². The maximum Gasteiger partial charge on any atom is 0.335 e. The SMILES string of the molecule is C[C@@H](c1ccc(F)c(F)c1)N(C)S(=O)(=O)c1ccc(C(=O)O)cc1F. The fraction of sp³-hybridized carbons (Fsp3) is 0.188. The number of benzene rings is 2. The third kappa shape index (κ3) is 3.67. The molecule has 0 unspecified atom stereocenters. The van der Waals surface area contributed by atoms with Gasteiger partial charge in [-0.25, -0.2) is 26.4 Å². The number of nitrogens with zero attached hydrogens (tertiary/aromatic N) is 1. The van der Waals surface area contributed by atoms with Gasteiger partial charge in [0.05, 0.1) is 5.56 Å². The van der Waals surface area contributed by atoms with Crippen LogP contribution >= 0.6 is 0 Å². The molecular formula is C16H14F3NO4S. The minimum absolute atomic E-state index is 0.174. The fourth-order valence-corrected chi connectivity index (χ4v) is 3.58. The molecule has 0 bridgehead atoms. The molecule has 25 heavy (non-hydrogen) atoms. The highest BCUT2D eigenvalue weighted by Gasteiger charge is 2.29. The normalized spacial score (nSPS) is 13.0. The van der Waals surface area contributed by atoms with Crippen LogP contribution in [0, 0.1) is 17.5 Å². The number of rotatable bonds is 5. The average molecular weight is 373 g/mol. The van der Waals surface area contributed by atoms with Crippen LogP contribution in [-0.2, 0) is 10.0 Å². The van der Waals surface area contributed by atoms with Crippen molar-refractivity contribution in [3.63, 3.8) is 0 Å². The van der Waals surface area contributed by atoms with Crippen molar-refractivity contribution in [2.75, 3.05) is 7.05 Å². The Morgan fingerprint density at radius 2 is 1.68 bits per heavy atom. The van der Waals surface area contributed by atoms with Gasteiger partial charge in [-0.1, -0.05) is 6.07 Å². The Morgan fingerprint density at radius 3 is 2.20 bits per heavy atom. The molecule has 0 aliphatic heterocycles. The van der Waals surface area contributed by atoms with Crippen molar-refractivity contribution in [3.8, 4) is 0 Å². The van der Waals surface area contributed by atoms with Crippen molar-refractivity contribution in [3.05, 3.63) is 65.0 Å². The Bertz CT molecular complexity index is 931. The lowest BCUT2D eigenvalue weighted by Gasteiger charge is -2.25. The van der Waals surface area contributed by atoms with Gasteiger partial charge in [-0.3, -0.25) is 0 Å². The number of carboxylic acid groups (broad SMARTS) is 1. The quantitative estimate of drug-likeness (QED) is 0.874. The summed E-state index contributed by atoms with van der Waals surface area (Å²) in [7, 11) is -3.17. The number of aromatic carboxylic acids is 1. The third-order valence-corrected chi connectivity index (χ3v) is 5.77. The van der Waals surface area contributed by atoms with Gasteiger partial charge in [-0.2, -0.15) is 4.31 Å². The summed E-state index contributed by atoms with van der Waals surface area (Å²) in [6.07, 6.45) is 0. The van der Waals surface area contributed by atoms with E-state index in [1.807, 2.05) is 0 Å². The summed E-state index contributed by atoms with van der Waals surface area (Å²) in [6.45, 7) is 1.42. The lowest BCUT2D eigenvalue weighted by Crippen LogP contribution is -2.30. The molecule has 9 heteroatoms. The Balaban J connectivity index is 2.41. The minimum Gasteiger partial charge on any atom is -0.478 e. The summed E-state index contributed by atoms with van der Waals surface area (Å²) < 4.78 is 66.4. The van der Waals surface area contributed by atoms with E-state index in [-0.39, 0.29) is 5.56 Å². The highest BCUT2D eigenvalue weighted by atomic mass is 32.2. The van der Waals surface area contributed by atoms with Gasteiger partial charge >= 0.3 is 5.97 Å². The summed E-state index contributed by atoms with van der Waals surface area (Å²) in [5.41, 5.74) is -0.222. The van der Waals surface area contributed by atoms with E-state index < -0.39 is 49.9 Å². The number of sulfonamides is 1. The molecule has 0 aromatic heterocycles. The van der Waals surface area contributed by atoms with Crippen LogP contribution in [0.1, 0.15) is 28.9 Å². The molecule has 2 rings (SSSR count). The van der Waals surface area contributed by atoms with Crippen molar-refractivity contribution in [2.24, 2.45) is 0 Å². The van der Waals surface area contributed by atoms with Crippen LogP contribution in [0.3, 0.4) is 0 Å². The second-order valence-corrected chi connectivity index (χ2v) is 7.29. The number of carboxylic acids is 1. The number of carbonyl (C=O) groups is 1. The molecule has 5 nitrogen and oxygen atoms in total. The lowest BCUT2D eigenvalue weighted by atomic mass is 10.1. The molecule has 0 radical (unpaired) electrons. The molecule has 0 aliphatic rings. The highest BCUT2D eigenvalue weighted by molar-refractivity contribution is 7.89. The van der Waals surface area contributed by atoms with E-state index in [0.717, 1.165) is 35.6 Å². The third-order valence-electron chi connectivity index (χ3n) is 3.81. The van der Waals surface area contributed by atoms with Gasteiger partial charge in [0, 0.05) is 13.1 Å². The maximum absolute atomic E-state index is 14.1. The molecule has 0 fully saturated rings. The molecule has 0 saturated carbocycles. The van der Waals surface area contributed by atoms with Crippen molar-refractivity contribution in [2.45, 2.75) is 17.9 Å². The summed E-state index contributed by atoms with van der Waals surface area (Å²) in [4.78, 5) is 10.1. The van der Waals surface area contributed by atoms with Crippen LogP contribution in [0.25, 0.3) is 0 Å². The molecule has 134 valence electrons. The zero-order valence-electron chi connectivity index (χ0n) is 13.2. The smallest absolute Gasteiger partial charge is 0.335 e. The summed E-state index contributed by atoms with van der Waals surface area (Å²) in [5.74, 6) is -4.82. The van der Waals surface area contributed by atoms with Crippen LogP contribution in [0.4, 0.5) is 13.2 Å². The van der Waals surface area contributed by atoms with Crippen LogP contribution in [0.2, 0.25) is 0 Å². The largest absolute Gasteiger partial charge is 0.478 e. The first-order valence-electron chi connectivity index (χ1n) is 7.01. The molecule has 0 saturated heterocycles. The molecule has 0 amide bonds. The van der Waals surface area contributed by atoms with Crippen LogP contribution in [-0.4, -0.2) is 30.8 Å². The number of hydrogen-bond donors (Lipinski definition) is 1. The first-order chi connectivity index (χ1) is 11.6. The monoisotopic (exact) mass is 373 g/mol. The topological polar surface area (TPSA) is 74.7 Å². The second kappa shape index (κ2) is 6.85. The van der Waals surface area contributed by atoms with Crippen molar-refractivity contribution in [1.82, 2.24) is 4.31 Å². The van der Waals surface area contributed by atoms with Crippen LogP contribution in [0.15, 0.2) is 41.3 Å². The van der Waals surface area contributed by atoms with E-state index in [1.54, 1.807) is 0 Å². The predicted molar refractivity (Wildman–Crippen MR) is 83.1 cm³/mol. The summed E-state index contributed by atoms with van der Waals surface area (Å²) in [5, 5.41) is 8.80. The zero-order valence-corrected chi connectivity index (χ0v) is 14.0. The van der Waals surface area contributed by atoms with Gasteiger partial charge in [-0.05, 0) is 42.8 Å². The lowest BCUT2D eigenvalue weighted by molar-refractivity contribution is 0.0696. The van der Waals surface area contributed by atoms with Gasteiger partial charge < -0.3 is 5.11 Å². The molecule has 0 spiro atoms. The van der Waals surface area contributed by atoms with Gasteiger partial charge in [-0.15, -0.1) is 0 Å².